The summed E-state index contributed by atoms with van der Waals surface area (Å²) in [6.45, 7) is 7.95. The Morgan fingerprint density at radius 2 is 1.96 bits per heavy atom. The van der Waals surface area contributed by atoms with Gasteiger partial charge in [0.05, 0.1) is 5.52 Å². The number of aromatic nitrogens is 1. The number of fused-ring (bicyclic) bond motifs is 1. The molecule has 0 bridgehead atoms. The molecule has 0 spiro atoms. The minimum Gasteiger partial charge on any atom is -0.444 e. The van der Waals surface area contributed by atoms with E-state index in [-0.39, 0.29) is 18.0 Å². The highest BCUT2D eigenvalue weighted by Crippen LogP contribution is 2.28. The Hall–Kier alpha value is -2.30. The molecule has 0 aliphatic carbocycles. The maximum Gasteiger partial charge on any atom is 0.410 e. The average molecular weight is 342 g/mol. The summed E-state index contributed by atoms with van der Waals surface area (Å²) in [7, 11) is 0. The smallest absolute Gasteiger partial charge is 0.410 e. The molecule has 1 aromatic heterocycles. The van der Waals surface area contributed by atoms with E-state index >= 15 is 0 Å². The predicted molar refractivity (Wildman–Crippen MR) is 97.9 cm³/mol. The van der Waals surface area contributed by atoms with Crippen LogP contribution in [0.1, 0.15) is 50.9 Å². The van der Waals surface area contributed by atoms with E-state index in [0.717, 1.165) is 42.3 Å². The van der Waals surface area contributed by atoms with E-state index in [4.69, 9.17) is 4.74 Å². The number of para-hydroxylation sites is 1. The van der Waals surface area contributed by atoms with Crippen LogP contribution in [0.3, 0.4) is 0 Å². The van der Waals surface area contributed by atoms with Crippen LogP contribution in [-0.4, -0.2) is 39.7 Å². The molecule has 1 aromatic carbocycles. The molecular formula is C20H26N2O3. The van der Waals surface area contributed by atoms with E-state index in [1.165, 1.54) is 0 Å². The van der Waals surface area contributed by atoms with Crippen molar-refractivity contribution in [2.24, 2.45) is 0 Å². The fourth-order valence-corrected chi connectivity index (χ4v) is 3.54. The lowest BCUT2D eigenvalue weighted by Crippen LogP contribution is -2.40. The lowest BCUT2D eigenvalue weighted by Gasteiger charge is -2.28. The number of hydrogen-bond donors (Lipinski definition) is 0. The number of rotatable bonds is 2. The van der Waals surface area contributed by atoms with Gasteiger partial charge in [-0.2, -0.15) is 0 Å². The van der Waals surface area contributed by atoms with Crippen LogP contribution in [0.4, 0.5) is 4.79 Å². The Morgan fingerprint density at radius 1 is 1.24 bits per heavy atom. The Morgan fingerprint density at radius 3 is 2.64 bits per heavy atom. The summed E-state index contributed by atoms with van der Waals surface area (Å²) >= 11 is 0. The molecule has 5 nitrogen and oxygen atoms in total. The number of benzene rings is 1. The number of carbonyl (C=O) groups excluding carboxylic acids is 2. The molecule has 2 aromatic rings. The SMILES string of the molecule is CC(=O)n1cc(C[C@@H]2CCCN2C(=O)OC(C)(C)C)c2ccccc21. The van der Waals surface area contributed by atoms with Gasteiger partial charge in [0.2, 0.25) is 5.91 Å². The first-order chi connectivity index (χ1) is 11.8. The minimum atomic E-state index is -0.491. The normalized spacial score (nSPS) is 17.9. The Balaban J connectivity index is 1.85. The molecular weight excluding hydrogens is 316 g/mol. The van der Waals surface area contributed by atoms with Crippen LogP contribution in [0, 0.1) is 0 Å². The van der Waals surface area contributed by atoms with Gasteiger partial charge in [-0.3, -0.25) is 9.36 Å². The zero-order valence-electron chi connectivity index (χ0n) is 15.4. The molecule has 5 heteroatoms. The molecule has 0 saturated carbocycles. The standard InChI is InChI=1S/C20H26N2O3/c1-14(23)22-13-15(17-9-5-6-10-18(17)22)12-16-8-7-11-21(16)19(24)25-20(2,3)4/h5-6,9-10,13,16H,7-8,11-12H2,1-4H3/t16-/m0/s1. The Kier molecular flexibility index (Phi) is 4.58. The lowest BCUT2D eigenvalue weighted by atomic mass is 10.0. The third-order valence-corrected chi connectivity index (χ3v) is 4.59. The number of amides is 1. The summed E-state index contributed by atoms with van der Waals surface area (Å²) in [4.78, 5) is 26.2. The number of likely N-dealkylation sites (tertiary alicyclic amines) is 1. The predicted octanol–water partition coefficient (Wildman–Crippen LogP) is 4.24. The van der Waals surface area contributed by atoms with E-state index in [1.54, 1.807) is 11.5 Å². The third-order valence-electron chi connectivity index (χ3n) is 4.59. The molecule has 3 rings (SSSR count). The first-order valence-electron chi connectivity index (χ1n) is 8.86. The van der Waals surface area contributed by atoms with Gasteiger partial charge in [0.15, 0.2) is 0 Å². The maximum atomic E-state index is 12.5. The summed E-state index contributed by atoms with van der Waals surface area (Å²) in [5, 5.41) is 1.08. The second-order valence-electron chi connectivity index (χ2n) is 7.73. The van der Waals surface area contributed by atoms with Crippen molar-refractivity contribution in [3.8, 4) is 0 Å². The van der Waals surface area contributed by atoms with Gasteiger partial charge in [-0.05, 0) is 51.7 Å². The average Bonchev–Trinajstić information content (AvgIpc) is 3.11. The highest BCUT2D eigenvalue weighted by molar-refractivity contribution is 5.93. The molecule has 1 aliphatic rings. The largest absolute Gasteiger partial charge is 0.444 e. The first-order valence-corrected chi connectivity index (χ1v) is 8.86. The van der Waals surface area contributed by atoms with Crippen molar-refractivity contribution in [1.82, 2.24) is 9.47 Å². The zero-order chi connectivity index (χ0) is 18.2. The molecule has 2 heterocycles. The van der Waals surface area contributed by atoms with Crippen LogP contribution in [-0.2, 0) is 11.2 Å². The molecule has 25 heavy (non-hydrogen) atoms. The van der Waals surface area contributed by atoms with Crippen molar-refractivity contribution in [2.45, 2.75) is 58.6 Å². The number of nitrogens with zero attached hydrogens (tertiary/aromatic N) is 2. The van der Waals surface area contributed by atoms with Crippen molar-refractivity contribution in [3.63, 3.8) is 0 Å². The van der Waals surface area contributed by atoms with Gasteiger partial charge >= 0.3 is 6.09 Å². The Bertz CT molecular complexity index is 801. The molecule has 1 amide bonds. The fraction of sp³-hybridized carbons (Fsp3) is 0.500. The summed E-state index contributed by atoms with van der Waals surface area (Å²) < 4.78 is 7.24. The lowest BCUT2D eigenvalue weighted by molar-refractivity contribution is 0.0226. The number of hydrogen-bond acceptors (Lipinski definition) is 3. The van der Waals surface area contributed by atoms with Gasteiger partial charge in [0.25, 0.3) is 0 Å². The molecule has 134 valence electrons. The van der Waals surface area contributed by atoms with Crippen molar-refractivity contribution < 1.29 is 14.3 Å². The number of carbonyl (C=O) groups is 2. The second-order valence-corrected chi connectivity index (χ2v) is 7.73. The van der Waals surface area contributed by atoms with Gasteiger partial charge in [0.1, 0.15) is 5.60 Å². The van der Waals surface area contributed by atoms with Gasteiger partial charge < -0.3 is 9.64 Å². The topological polar surface area (TPSA) is 51.5 Å². The maximum absolute atomic E-state index is 12.5. The van der Waals surface area contributed by atoms with E-state index in [1.807, 2.05) is 56.1 Å². The highest BCUT2D eigenvalue weighted by Gasteiger charge is 2.32. The summed E-state index contributed by atoms with van der Waals surface area (Å²) in [5.41, 5.74) is 1.53. The Labute approximate surface area is 148 Å². The summed E-state index contributed by atoms with van der Waals surface area (Å²) in [5.74, 6) is -0.00197. The van der Waals surface area contributed by atoms with E-state index in [9.17, 15) is 9.59 Å². The minimum absolute atomic E-state index is 0.00197. The van der Waals surface area contributed by atoms with Crippen LogP contribution >= 0.6 is 0 Å². The molecule has 0 radical (unpaired) electrons. The summed E-state index contributed by atoms with van der Waals surface area (Å²) in [6.07, 6.45) is 4.34. The van der Waals surface area contributed by atoms with Crippen LogP contribution in [0.25, 0.3) is 10.9 Å². The van der Waals surface area contributed by atoms with Crippen LogP contribution < -0.4 is 0 Å². The van der Waals surface area contributed by atoms with Gasteiger partial charge in [0, 0.05) is 31.1 Å². The zero-order valence-corrected chi connectivity index (χ0v) is 15.4. The fourth-order valence-electron chi connectivity index (χ4n) is 3.54. The van der Waals surface area contributed by atoms with Crippen molar-refractivity contribution in [3.05, 3.63) is 36.0 Å². The van der Waals surface area contributed by atoms with Gasteiger partial charge in [-0.25, -0.2) is 4.79 Å². The van der Waals surface area contributed by atoms with E-state index in [2.05, 4.69) is 0 Å². The molecule has 0 unspecified atom stereocenters. The highest BCUT2D eigenvalue weighted by atomic mass is 16.6. The first kappa shape index (κ1) is 17.5. The number of ether oxygens (including phenoxy) is 1. The molecule has 1 fully saturated rings. The van der Waals surface area contributed by atoms with Crippen LogP contribution in [0.15, 0.2) is 30.5 Å². The quantitative estimate of drug-likeness (QED) is 0.820. The van der Waals surface area contributed by atoms with E-state index < -0.39 is 5.60 Å². The molecule has 1 atom stereocenters. The summed E-state index contributed by atoms with van der Waals surface area (Å²) in [6, 6.07) is 8.03. The van der Waals surface area contributed by atoms with Crippen LogP contribution in [0.2, 0.25) is 0 Å². The van der Waals surface area contributed by atoms with Crippen molar-refractivity contribution >= 4 is 22.9 Å². The van der Waals surface area contributed by atoms with Gasteiger partial charge in [-0.15, -0.1) is 0 Å². The molecule has 0 N–H and O–H groups in total. The molecule has 1 aliphatic heterocycles. The second kappa shape index (κ2) is 6.54. The van der Waals surface area contributed by atoms with Crippen molar-refractivity contribution in [1.29, 1.82) is 0 Å². The monoisotopic (exact) mass is 342 g/mol. The third kappa shape index (κ3) is 3.70. The van der Waals surface area contributed by atoms with Gasteiger partial charge in [-0.1, -0.05) is 18.2 Å². The van der Waals surface area contributed by atoms with Crippen LogP contribution in [0.5, 0.6) is 0 Å². The van der Waals surface area contributed by atoms with Crippen molar-refractivity contribution in [2.75, 3.05) is 6.54 Å². The molecule has 1 saturated heterocycles. The van der Waals surface area contributed by atoms with E-state index in [0.29, 0.717) is 0 Å².